The number of nitrogens with one attached hydrogen (secondary N) is 2. The van der Waals surface area contributed by atoms with Crippen molar-refractivity contribution >= 4 is 28.5 Å². The summed E-state index contributed by atoms with van der Waals surface area (Å²) in [5.41, 5.74) is 3.93. The first kappa shape index (κ1) is 23.0. The fourth-order valence-corrected chi connectivity index (χ4v) is 3.99. The molecule has 178 valence electrons. The number of benzene rings is 3. The van der Waals surface area contributed by atoms with Gasteiger partial charge in [-0.2, -0.15) is 0 Å². The van der Waals surface area contributed by atoms with Crippen LogP contribution in [0.2, 0.25) is 0 Å². The van der Waals surface area contributed by atoms with Crippen LogP contribution in [0.3, 0.4) is 0 Å². The molecule has 0 fully saturated rings. The van der Waals surface area contributed by atoms with Gasteiger partial charge in [0.2, 0.25) is 0 Å². The zero-order valence-electron chi connectivity index (χ0n) is 19.3. The number of fused-ring (bicyclic) bond motifs is 1. The van der Waals surface area contributed by atoms with E-state index in [2.05, 4.69) is 15.6 Å². The molecule has 7 heteroatoms. The van der Waals surface area contributed by atoms with Crippen molar-refractivity contribution < 1.29 is 14.0 Å². The smallest absolute Gasteiger partial charge is 0.255 e. The first-order valence-electron chi connectivity index (χ1n) is 11.5. The standard InChI is InChI=1S/C29H23FN4O2/c30-23-13-11-20(12-14-23)16-32-29(36)26-19-34(18-21-7-3-1-4-8-21)27-25(26)15-24(17-31-27)33-28(35)22-9-5-2-6-10-22/h1-15,17,19H,16,18H2,(H,32,36)(H,33,35). The summed E-state index contributed by atoms with van der Waals surface area (Å²) in [6.07, 6.45) is 3.36. The fourth-order valence-electron chi connectivity index (χ4n) is 3.99. The van der Waals surface area contributed by atoms with Gasteiger partial charge in [0.1, 0.15) is 11.5 Å². The van der Waals surface area contributed by atoms with E-state index in [0.717, 1.165) is 11.1 Å². The third kappa shape index (κ3) is 5.15. The highest BCUT2D eigenvalue weighted by atomic mass is 19.1. The van der Waals surface area contributed by atoms with Crippen molar-refractivity contribution in [1.82, 2.24) is 14.9 Å². The quantitative estimate of drug-likeness (QED) is 0.329. The molecule has 0 saturated heterocycles. The normalized spacial score (nSPS) is 10.8. The number of hydrogen-bond donors (Lipinski definition) is 2. The summed E-state index contributed by atoms with van der Waals surface area (Å²) in [7, 11) is 0. The predicted molar refractivity (Wildman–Crippen MR) is 137 cm³/mol. The molecule has 5 aromatic rings. The number of nitrogens with zero attached hydrogens (tertiary/aromatic N) is 2. The minimum atomic E-state index is -0.329. The second kappa shape index (κ2) is 10.2. The van der Waals surface area contributed by atoms with E-state index in [-0.39, 0.29) is 24.2 Å². The molecule has 0 unspecified atom stereocenters. The zero-order valence-corrected chi connectivity index (χ0v) is 19.3. The second-order valence-corrected chi connectivity index (χ2v) is 8.38. The molecule has 0 bridgehead atoms. The molecule has 0 radical (unpaired) electrons. The van der Waals surface area contributed by atoms with Crippen LogP contribution in [-0.2, 0) is 13.1 Å². The Balaban J connectivity index is 1.46. The van der Waals surface area contributed by atoms with Crippen molar-refractivity contribution in [2.45, 2.75) is 13.1 Å². The van der Waals surface area contributed by atoms with Crippen LogP contribution in [0.5, 0.6) is 0 Å². The number of anilines is 1. The van der Waals surface area contributed by atoms with Crippen LogP contribution in [-0.4, -0.2) is 21.4 Å². The van der Waals surface area contributed by atoms with Crippen LogP contribution < -0.4 is 10.6 Å². The summed E-state index contributed by atoms with van der Waals surface area (Å²) in [4.78, 5) is 30.4. The lowest BCUT2D eigenvalue weighted by Gasteiger charge is -2.07. The van der Waals surface area contributed by atoms with Gasteiger partial charge >= 0.3 is 0 Å². The number of carbonyl (C=O) groups is 2. The highest BCUT2D eigenvalue weighted by Gasteiger charge is 2.18. The molecule has 0 aliphatic heterocycles. The summed E-state index contributed by atoms with van der Waals surface area (Å²) in [6.45, 7) is 0.785. The Labute approximate surface area is 207 Å². The van der Waals surface area contributed by atoms with E-state index in [9.17, 15) is 14.0 Å². The van der Waals surface area contributed by atoms with Gasteiger partial charge in [0.25, 0.3) is 11.8 Å². The minimum Gasteiger partial charge on any atom is -0.348 e. The Bertz CT molecular complexity index is 1510. The van der Waals surface area contributed by atoms with Crippen LogP contribution in [0.4, 0.5) is 10.1 Å². The number of pyridine rings is 1. The van der Waals surface area contributed by atoms with E-state index in [1.54, 1.807) is 54.9 Å². The van der Waals surface area contributed by atoms with E-state index in [1.807, 2.05) is 41.0 Å². The summed E-state index contributed by atoms with van der Waals surface area (Å²) in [6, 6.07) is 26.5. The Morgan fingerprint density at radius 3 is 2.25 bits per heavy atom. The van der Waals surface area contributed by atoms with E-state index in [4.69, 9.17) is 0 Å². The first-order chi connectivity index (χ1) is 17.6. The van der Waals surface area contributed by atoms with Crippen LogP contribution >= 0.6 is 0 Å². The summed E-state index contributed by atoms with van der Waals surface area (Å²) >= 11 is 0. The van der Waals surface area contributed by atoms with Gasteiger partial charge in [-0.25, -0.2) is 9.37 Å². The molecule has 2 amide bonds. The van der Waals surface area contributed by atoms with Gasteiger partial charge in [0.15, 0.2) is 0 Å². The highest BCUT2D eigenvalue weighted by Crippen LogP contribution is 2.25. The Morgan fingerprint density at radius 1 is 0.833 bits per heavy atom. The van der Waals surface area contributed by atoms with Crippen molar-refractivity contribution in [3.8, 4) is 0 Å². The molecular weight excluding hydrogens is 455 g/mol. The number of aromatic nitrogens is 2. The largest absolute Gasteiger partial charge is 0.348 e. The molecule has 0 saturated carbocycles. The Hall–Kier alpha value is -4.78. The second-order valence-electron chi connectivity index (χ2n) is 8.38. The van der Waals surface area contributed by atoms with Crippen LogP contribution in [0.15, 0.2) is 103 Å². The summed E-state index contributed by atoms with van der Waals surface area (Å²) < 4.78 is 15.1. The fraction of sp³-hybridized carbons (Fsp3) is 0.0690. The molecule has 2 heterocycles. The molecule has 36 heavy (non-hydrogen) atoms. The molecular formula is C29H23FN4O2. The lowest BCUT2D eigenvalue weighted by molar-refractivity contribution is 0.0951. The maximum absolute atomic E-state index is 13.2. The third-order valence-corrected chi connectivity index (χ3v) is 5.81. The molecule has 0 atom stereocenters. The monoisotopic (exact) mass is 478 g/mol. The topological polar surface area (TPSA) is 76.0 Å². The van der Waals surface area contributed by atoms with Gasteiger partial charge in [-0.1, -0.05) is 60.7 Å². The molecule has 3 aromatic carbocycles. The lowest BCUT2D eigenvalue weighted by atomic mass is 10.1. The van der Waals surface area contributed by atoms with E-state index in [1.165, 1.54) is 12.1 Å². The van der Waals surface area contributed by atoms with Gasteiger partial charge in [0, 0.05) is 30.2 Å². The van der Waals surface area contributed by atoms with Gasteiger partial charge < -0.3 is 15.2 Å². The van der Waals surface area contributed by atoms with E-state index in [0.29, 0.717) is 34.4 Å². The predicted octanol–water partition coefficient (Wildman–Crippen LogP) is 5.41. The molecule has 0 aliphatic rings. The molecule has 0 spiro atoms. The maximum Gasteiger partial charge on any atom is 0.255 e. The minimum absolute atomic E-state index is 0.252. The van der Waals surface area contributed by atoms with Crippen LogP contribution in [0, 0.1) is 5.82 Å². The maximum atomic E-state index is 13.2. The van der Waals surface area contributed by atoms with Crippen LogP contribution in [0.25, 0.3) is 11.0 Å². The Morgan fingerprint density at radius 2 is 1.53 bits per heavy atom. The summed E-state index contributed by atoms with van der Waals surface area (Å²) in [5.74, 6) is -0.877. The number of halogens is 1. The molecule has 0 aliphatic carbocycles. The number of carbonyl (C=O) groups excluding carboxylic acids is 2. The van der Waals surface area contributed by atoms with Crippen LogP contribution in [0.1, 0.15) is 31.8 Å². The molecule has 5 rings (SSSR count). The average Bonchev–Trinajstić information content (AvgIpc) is 3.26. The van der Waals surface area contributed by atoms with Crippen molar-refractivity contribution in [2.24, 2.45) is 0 Å². The zero-order chi connectivity index (χ0) is 24.9. The first-order valence-corrected chi connectivity index (χ1v) is 11.5. The van der Waals surface area contributed by atoms with Crippen molar-refractivity contribution in [3.05, 3.63) is 131 Å². The molecule has 2 N–H and O–H groups in total. The number of rotatable bonds is 7. The van der Waals surface area contributed by atoms with Gasteiger partial charge in [-0.05, 0) is 41.5 Å². The van der Waals surface area contributed by atoms with Crippen molar-refractivity contribution in [2.75, 3.05) is 5.32 Å². The number of hydrogen-bond acceptors (Lipinski definition) is 3. The third-order valence-electron chi connectivity index (χ3n) is 5.81. The number of amides is 2. The van der Waals surface area contributed by atoms with Gasteiger partial charge in [0.05, 0.1) is 17.4 Å². The van der Waals surface area contributed by atoms with E-state index < -0.39 is 0 Å². The van der Waals surface area contributed by atoms with E-state index >= 15 is 0 Å². The lowest BCUT2D eigenvalue weighted by Crippen LogP contribution is -2.22. The highest BCUT2D eigenvalue weighted by molar-refractivity contribution is 6.08. The Kier molecular flexibility index (Phi) is 6.53. The molecule has 2 aromatic heterocycles. The SMILES string of the molecule is O=C(Nc1cnc2c(c1)c(C(=O)NCc1ccc(F)cc1)cn2Cc1ccccc1)c1ccccc1. The summed E-state index contributed by atoms with van der Waals surface area (Å²) in [5, 5.41) is 6.38. The van der Waals surface area contributed by atoms with Crippen molar-refractivity contribution in [3.63, 3.8) is 0 Å². The van der Waals surface area contributed by atoms with Crippen molar-refractivity contribution in [1.29, 1.82) is 0 Å². The van der Waals surface area contributed by atoms with Gasteiger partial charge in [-0.15, -0.1) is 0 Å². The average molecular weight is 479 g/mol. The van der Waals surface area contributed by atoms with Gasteiger partial charge in [-0.3, -0.25) is 9.59 Å². The molecule has 6 nitrogen and oxygen atoms in total.